The third-order valence-corrected chi connectivity index (χ3v) is 5.33. The van der Waals surface area contributed by atoms with Gasteiger partial charge >= 0.3 is 0 Å². The molecule has 6 nitrogen and oxygen atoms in total. The highest BCUT2D eigenvalue weighted by molar-refractivity contribution is 7.99. The summed E-state index contributed by atoms with van der Waals surface area (Å²) in [5, 5.41) is 11.1. The second-order valence-corrected chi connectivity index (χ2v) is 7.40. The summed E-state index contributed by atoms with van der Waals surface area (Å²) in [7, 11) is 1.78. The van der Waals surface area contributed by atoms with E-state index in [0.717, 1.165) is 29.1 Å². The molecule has 0 saturated heterocycles. The molecule has 0 saturated carbocycles. The van der Waals surface area contributed by atoms with Crippen molar-refractivity contribution in [2.75, 3.05) is 11.1 Å². The second kappa shape index (κ2) is 9.04. The number of carbonyl (C=O) groups is 1. The number of anilines is 1. The fraction of sp³-hybridized carbons (Fsp3) is 0.250. The van der Waals surface area contributed by atoms with Crippen molar-refractivity contribution >= 4 is 23.4 Å². The summed E-state index contributed by atoms with van der Waals surface area (Å²) in [6.45, 7) is 4.29. The summed E-state index contributed by atoms with van der Waals surface area (Å²) in [5.41, 5.74) is 2.26. The Balaban J connectivity index is 1.55. The lowest BCUT2D eigenvalue weighted by Crippen LogP contribution is -2.15. The maximum absolute atomic E-state index is 13.6. The predicted molar refractivity (Wildman–Crippen MR) is 107 cm³/mol. The van der Waals surface area contributed by atoms with E-state index < -0.39 is 17.5 Å². The quantitative estimate of drug-likeness (QED) is 0.587. The van der Waals surface area contributed by atoms with E-state index in [0.29, 0.717) is 17.0 Å². The SMILES string of the molecule is Cc1ccc(OCc2nnc(SCC(=O)Nc3ccc(F)cc3F)n2C)cc1C. The van der Waals surface area contributed by atoms with Gasteiger partial charge in [0.25, 0.3) is 0 Å². The van der Waals surface area contributed by atoms with Crippen molar-refractivity contribution in [1.82, 2.24) is 14.8 Å². The Bertz CT molecular complexity index is 1040. The highest BCUT2D eigenvalue weighted by atomic mass is 32.2. The molecule has 1 N–H and O–H groups in total. The first-order valence-electron chi connectivity index (χ1n) is 8.79. The summed E-state index contributed by atoms with van der Waals surface area (Å²) in [6.07, 6.45) is 0. The zero-order chi connectivity index (χ0) is 21.0. The second-order valence-electron chi connectivity index (χ2n) is 6.45. The van der Waals surface area contributed by atoms with Crippen molar-refractivity contribution < 1.29 is 18.3 Å². The van der Waals surface area contributed by atoms with Crippen LogP contribution in [-0.2, 0) is 18.4 Å². The molecular weight excluding hydrogens is 398 g/mol. The first kappa shape index (κ1) is 20.8. The Labute approximate surface area is 171 Å². The molecule has 2 aromatic carbocycles. The summed E-state index contributed by atoms with van der Waals surface area (Å²) >= 11 is 1.16. The fourth-order valence-electron chi connectivity index (χ4n) is 2.46. The number of rotatable bonds is 7. The summed E-state index contributed by atoms with van der Waals surface area (Å²) in [6, 6.07) is 8.82. The normalized spacial score (nSPS) is 10.8. The number of amides is 1. The lowest BCUT2D eigenvalue weighted by atomic mass is 10.1. The van der Waals surface area contributed by atoms with Gasteiger partial charge in [-0.05, 0) is 49.2 Å². The molecule has 0 bridgehead atoms. The van der Waals surface area contributed by atoms with Gasteiger partial charge in [0.15, 0.2) is 11.0 Å². The van der Waals surface area contributed by atoms with Gasteiger partial charge in [0, 0.05) is 13.1 Å². The Kier molecular flexibility index (Phi) is 6.48. The van der Waals surface area contributed by atoms with Crippen molar-refractivity contribution in [1.29, 1.82) is 0 Å². The van der Waals surface area contributed by atoms with Gasteiger partial charge in [-0.2, -0.15) is 0 Å². The van der Waals surface area contributed by atoms with E-state index in [4.69, 9.17) is 4.74 Å². The highest BCUT2D eigenvalue weighted by Gasteiger charge is 2.13. The Morgan fingerprint density at radius 2 is 1.93 bits per heavy atom. The van der Waals surface area contributed by atoms with E-state index in [1.807, 2.05) is 32.0 Å². The molecule has 3 rings (SSSR count). The van der Waals surface area contributed by atoms with Crippen LogP contribution in [0.25, 0.3) is 0 Å². The molecule has 0 aliphatic carbocycles. The van der Waals surface area contributed by atoms with Crippen molar-refractivity contribution in [3.05, 3.63) is 65.0 Å². The third-order valence-electron chi connectivity index (χ3n) is 4.31. The number of aromatic nitrogens is 3. The smallest absolute Gasteiger partial charge is 0.234 e. The van der Waals surface area contributed by atoms with E-state index in [1.165, 1.54) is 11.6 Å². The monoisotopic (exact) mass is 418 g/mol. The molecule has 0 spiro atoms. The minimum atomic E-state index is -0.826. The van der Waals surface area contributed by atoms with Crippen LogP contribution in [0.2, 0.25) is 0 Å². The average Bonchev–Trinajstić information content (AvgIpc) is 3.03. The van der Waals surface area contributed by atoms with Gasteiger partial charge in [-0.3, -0.25) is 4.79 Å². The van der Waals surface area contributed by atoms with Crippen LogP contribution in [-0.4, -0.2) is 26.4 Å². The van der Waals surface area contributed by atoms with Gasteiger partial charge in [0.1, 0.15) is 24.0 Å². The van der Waals surface area contributed by atoms with Gasteiger partial charge in [-0.25, -0.2) is 8.78 Å². The first-order valence-corrected chi connectivity index (χ1v) is 9.78. The number of nitrogens with zero attached hydrogens (tertiary/aromatic N) is 3. The maximum atomic E-state index is 13.6. The molecule has 0 radical (unpaired) electrons. The molecule has 1 heterocycles. The first-order chi connectivity index (χ1) is 13.8. The van der Waals surface area contributed by atoms with Crippen LogP contribution >= 0.6 is 11.8 Å². The Morgan fingerprint density at radius 3 is 2.66 bits per heavy atom. The molecule has 1 aromatic heterocycles. The average molecular weight is 418 g/mol. The number of aryl methyl sites for hydroxylation is 2. The van der Waals surface area contributed by atoms with Crippen LogP contribution in [0.15, 0.2) is 41.6 Å². The predicted octanol–water partition coefficient (Wildman–Crippen LogP) is 4.02. The van der Waals surface area contributed by atoms with E-state index in [1.54, 1.807) is 11.6 Å². The Hall–Kier alpha value is -2.94. The number of nitrogens with one attached hydrogen (secondary N) is 1. The lowest BCUT2D eigenvalue weighted by Gasteiger charge is -2.09. The van der Waals surface area contributed by atoms with Crippen LogP contribution < -0.4 is 10.1 Å². The van der Waals surface area contributed by atoms with Crippen molar-refractivity contribution in [2.24, 2.45) is 7.05 Å². The number of thioether (sulfide) groups is 1. The maximum Gasteiger partial charge on any atom is 0.234 e. The largest absolute Gasteiger partial charge is 0.486 e. The van der Waals surface area contributed by atoms with E-state index in [9.17, 15) is 13.6 Å². The third kappa shape index (κ3) is 5.32. The summed E-state index contributed by atoms with van der Waals surface area (Å²) in [5.74, 6) is -0.615. The summed E-state index contributed by atoms with van der Waals surface area (Å²) < 4.78 is 34.0. The lowest BCUT2D eigenvalue weighted by molar-refractivity contribution is -0.113. The molecule has 0 aliphatic heterocycles. The number of carbonyl (C=O) groups excluding carboxylic acids is 1. The molecule has 29 heavy (non-hydrogen) atoms. The van der Waals surface area contributed by atoms with Crippen LogP contribution in [0.4, 0.5) is 14.5 Å². The number of benzene rings is 2. The van der Waals surface area contributed by atoms with Crippen LogP contribution in [0.1, 0.15) is 17.0 Å². The molecule has 152 valence electrons. The van der Waals surface area contributed by atoms with Crippen molar-refractivity contribution in [3.8, 4) is 5.75 Å². The number of hydrogen-bond donors (Lipinski definition) is 1. The minimum Gasteiger partial charge on any atom is -0.486 e. The molecule has 0 unspecified atom stereocenters. The van der Waals surface area contributed by atoms with Crippen LogP contribution in [0.5, 0.6) is 5.75 Å². The van der Waals surface area contributed by atoms with E-state index in [2.05, 4.69) is 15.5 Å². The number of halogens is 2. The van der Waals surface area contributed by atoms with Gasteiger partial charge in [0.2, 0.25) is 5.91 Å². The zero-order valence-electron chi connectivity index (χ0n) is 16.2. The van der Waals surface area contributed by atoms with E-state index >= 15 is 0 Å². The van der Waals surface area contributed by atoms with Crippen LogP contribution in [0.3, 0.4) is 0 Å². The molecule has 0 aliphatic rings. The topological polar surface area (TPSA) is 69.0 Å². The van der Waals surface area contributed by atoms with Crippen molar-refractivity contribution in [2.45, 2.75) is 25.6 Å². The van der Waals surface area contributed by atoms with E-state index in [-0.39, 0.29) is 18.0 Å². The summed E-state index contributed by atoms with van der Waals surface area (Å²) in [4.78, 5) is 12.0. The standard InChI is InChI=1S/C20H20F2N4O2S/c1-12-4-6-15(8-13(12)2)28-10-18-24-25-20(26(18)3)29-11-19(27)23-17-7-5-14(21)9-16(17)22/h4-9H,10-11H2,1-3H3,(H,23,27). The molecule has 0 fully saturated rings. The zero-order valence-corrected chi connectivity index (χ0v) is 17.0. The molecule has 3 aromatic rings. The van der Waals surface area contributed by atoms with Gasteiger partial charge in [-0.15, -0.1) is 10.2 Å². The van der Waals surface area contributed by atoms with Gasteiger partial charge in [0.05, 0.1) is 11.4 Å². The minimum absolute atomic E-state index is 0.000797. The van der Waals surface area contributed by atoms with Gasteiger partial charge in [-0.1, -0.05) is 17.8 Å². The van der Waals surface area contributed by atoms with Gasteiger partial charge < -0.3 is 14.6 Å². The molecular formula is C20H20F2N4O2S. The number of ether oxygens (including phenoxy) is 1. The fourth-order valence-corrected chi connectivity index (χ4v) is 3.19. The molecule has 0 atom stereocenters. The highest BCUT2D eigenvalue weighted by Crippen LogP contribution is 2.20. The Morgan fingerprint density at radius 1 is 1.14 bits per heavy atom. The molecule has 9 heteroatoms. The van der Waals surface area contributed by atoms with Crippen LogP contribution in [0, 0.1) is 25.5 Å². The van der Waals surface area contributed by atoms with Crippen molar-refractivity contribution in [3.63, 3.8) is 0 Å². The number of hydrogen-bond acceptors (Lipinski definition) is 5. The molecule has 1 amide bonds.